The van der Waals surface area contributed by atoms with Crippen LogP contribution in [-0.2, 0) is 0 Å². The standard InChI is InChI=1S/C15H15Cl2NS2/c1-9(11-8-14(16)20-15(11)17)18-12-6-7-19-13-5-3-2-4-10(12)13/h2-5,8-9,12,18H,6-7H2,1H3. The first-order valence-electron chi connectivity index (χ1n) is 6.57. The maximum atomic E-state index is 6.25. The summed E-state index contributed by atoms with van der Waals surface area (Å²) in [5, 5.41) is 3.70. The van der Waals surface area contributed by atoms with Crippen LogP contribution >= 0.6 is 46.3 Å². The summed E-state index contributed by atoms with van der Waals surface area (Å²) in [7, 11) is 0. The van der Waals surface area contributed by atoms with E-state index in [1.807, 2.05) is 17.8 Å². The highest BCUT2D eigenvalue weighted by molar-refractivity contribution is 7.99. The molecule has 2 unspecified atom stereocenters. The van der Waals surface area contributed by atoms with Gasteiger partial charge in [0.1, 0.15) is 0 Å². The second kappa shape index (κ2) is 6.29. The third-order valence-corrected chi connectivity index (χ3v) is 6.20. The van der Waals surface area contributed by atoms with Gasteiger partial charge in [0.15, 0.2) is 0 Å². The molecule has 2 heterocycles. The molecule has 106 valence electrons. The van der Waals surface area contributed by atoms with Crippen molar-refractivity contribution in [2.45, 2.75) is 30.3 Å². The molecule has 1 aliphatic rings. The summed E-state index contributed by atoms with van der Waals surface area (Å²) >= 11 is 15.7. The maximum absolute atomic E-state index is 6.25. The van der Waals surface area contributed by atoms with Gasteiger partial charge in [-0.15, -0.1) is 23.1 Å². The summed E-state index contributed by atoms with van der Waals surface area (Å²) in [5.74, 6) is 1.15. The fourth-order valence-electron chi connectivity index (χ4n) is 2.55. The van der Waals surface area contributed by atoms with Crippen LogP contribution in [0.5, 0.6) is 0 Å². The van der Waals surface area contributed by atoms with Crippen molar-refractivity contribution in [3.05, 3.63) is 50.1 Å². The van der Waals surface area contributed by atoms with Gasteiger partial charge in [0.25, 0.3) is 0 Å². The van der Waals surface area contributed by atoms with Crippen LogP contribution in [0.4, 0.5) is 0 Å². The minimum Gasteiger partial charge on any atom is -0.303 e. The fourth-order valence-corrected chi connectivity index (χ4v) is 5.33. The second-order valence-corrected chi connectivity index (χ2v) is 8.32. The number of hydrogen-bond donors (Lipinski definition) is 1. The lowest BCUT2D eigenvalue weighted by atomic mass is 10.0. The van der Waals surface area contributed by atoms with Crippen molar-refractivity contribution in [1.29, 1.82) is 0 Å². The lowest BCUT2D eigenvalue weighted by Crippen LogP contribution is -2.27. The molecule has 0 fully saturated rings. The molecule has 0 saturated heterocycles. The smallest absolute Gasteiger partial charge is 0.0991 e. The predicted octanol–water partition coefficient (Wildman–Crippen LogP) is 5.94. The SMILES string of the molecule is CC(NC1CCSc2ccccc21)c1cc(Cl)sc1Cl. The van der Waals surface area contributed by atoms with E-state index in [9.17, 15) is 0 Å². The predicted molar refractivity (Wildman–Crippen MR) is 90.4 cm³/mol. The van der Waals surface area contributed by atoms with E-state index in [-0.39, 0.29) is 6.04 Å². The highest BCUT2D eigenvalue weighted by atomic mass is 35.5. The molecule has 1 aliphatic heterocycles. The van der Waals surface area contributed by atoms with E-state index < -0.39 is 0 Å². The van der Waals surface area contributed by atoms with Gasteiger partial charge in [-0.1, -0.05) is 41.4 Å². The van der Waals surface area contributed by atoms with Gasteiger partial charge in [-0.3, -0.25) is 0 Å². The van der Waals surface area contributed by atoms with Crippen molar-refractivity contribution < 1.29 is 0 Å². The van der Waals surface area contributed by atoms with Gasteiger partial charge >= 0.3 is 0 Å². The van der Waals surface area contributed by atoms with Gasteiger partial charge < -0.3 is 5.32 Å². The van der Waals surface area contributed by atoms with Gasteiger partial charge in [-0.25, -0.2) is 0 Å². The molecule has 1 aromatic carbocycles. The Bertz CT molecular complexity index is 612. The van der Waals surface area contributed by atoms with E-state index >= 15 is 0 Å². The Balaban J connectivity index is 1.80. The molecule has 0 bridgehead atoms. The molecule has 0 radical (unpaired) electrons. The molecule has 1 aromatic heterocycles. The van der Waals surface area contributed by atoms with Crippen LogP contribution in [0.15, 0.2) is 35.2 Å². The average molecular weight is 344 g/mol. The normalized spacial score (nSPS) is 19.6. The van der Waals surface area contributed by atoms with E-state index in [0.29, 0.717) is 6.04 Å². The quantitative estimate of drug-likeness (QED) is 0.739. The van der Waals surface area contributed by atoms with Crippen LogP contribution < -0.4 is 5.32 Å². The molecule has 5 heteroatoms. The van der Waals surface area contributed by atoms with Crippen LogP contribution in [0, 0.1) is 0 Å². The number of thiophene rings is 1. The van der Waals surface area contributed by atoms with Gasteiger partial charge in [0, 0.05) is 17.0 Å². The Labute approximate surface area is 137 Å². The minimum atomic E-state index is 0.201. The largest absolute Gasteiger partial charge is 0.303 e. The molecule has 2 aromatic rings. The summed E-state index contributed by atoms with van der Waals surface area (Å²) in [6.07, 6.45) is 1.14. The summed E-state index contributed by atoms with van der Waals surface area (Å²) < 4.78 is 1.53. The van der Waals surface area contributed by atoms with E-state index in [1.54, 1.807) is 0 Å². The number of fused-ring (bicyclic) bond motifs is 1. The van der Waals surface area contributed by atoms with Crippen LogP contribution in [0.25, 0.3) is 0 Å². The third-order valence-electron chi connectivity index (χ3n) is 3.56. The Kier molecular flexibility index (Phi) is 4.63. The van der Waals surface area contributed by atoms with Crippen molar-refractivity contribution in [2.75, 3.05) is 5.75 Å². The Morgan fingerprint density at radius 3 is 2.85 bits per heavy atom. The first kappa shape index (κ1) is 14.7. The van der Waals surface area contributed by atoms with Crippen LogP contribution in [0.2, 0.25) is 8.67 Å². The van der Waals surface area contributed by atoms with Crippen LogP contribution in [0.1, 0.15) is 36.6 Å². The lowest BCUT2D eigenvalue weighted by molar-refractivity contribution is 0.451. The van der Waals surface area contributed by atoms with E-state index in [1.165, 1.54) is 21.8 Å². The average Bonchev–Trinajstić information content (AvgIpc) is 2.78. The molecular formula is C15H15Cl2NS2. The molecule has 1 N–H and O–H groups in total. The van der Waals surface area contributed by atoms with Gasteiger partial charge in [0.2, 0.25) is 0 Å². The molecule has 0 saturated carbocycles. The monoisotopic (exact) mass is 343 g/mol. The third kappa shape index (κ3) is 3.02. The van der Waals surface area contributed by atoms with E-state index in [4.69, 9.17) is 23.2 Å². The van der Waals surface area contributed by atoms with Crippen molar-refractivity contribution in [3.8, 4) is 0 Å². The summed E-state index contributed by atoms with van der Waals surface area (Å²) in [6.45, 7) is 2.15. The van der Waals surface area contributed by atoms with Gasteiger partial charge in [0.05, 0.1) is 8.67 Å². The number of nitrogens with one attached hydrogen (secondary N) is 1. The molecular weight excluding hydrogens is 329 g/mol. The van der Waals surface area contributed by atoms with E-state index in [2.05, 4.69) is 36.5 Å². The molecule has 3 rings (SSSR count). The minimum absolute atomic E-state index is 0.201. The number of halogens is 2. The van der Waals surface area contributed by atoms with Gasteiger partial charge in [-0.2, -0.15) is 0 Å². The molecule has 2 atom stereocenters. The number of hydrogen-bond acceptors (Lipinski definition) is 3. The summed E-state index contributed by atoms with van der Waals surface area (Å²) in [4.78, 5) is 1.39. The second-order valence-electron chi connectivity index (χ2n) is 4.90. The zero-order valence-corrected chi connectivity index (χ0v) is 14.2. The van der Waals surface area contributed by atoms with Crippen molar-refractivity contribution >= 4 is 46.3 Å². The molecule has 20 heavy (non-hydrogen) atoms. The highest BCUT2D eigenvalue weighted by Crippen LogP contribution is 2.39. The molecule has 0 aliphatic carbocycles. The lowest BCUT2D eigenvalue weighted by Gasteiger charge is -2.28. The molecule has 1 nitrogen and oxygen atoms in total. The number of thioether (sulfide) groups is 1. The van der Waals surface area contributed by atoms with Crippen LogP contribution in [0.3, 0.4) is 0 Å². The first-order valence-corrected chi connectivity index (χ1v) is 9.13. The van der Waals surface area contributed by atoms with Crippen molar-refractivity contribution in [3.63, 3.8) is 0 Å². The Hall–Kier alpha value is -0.190. The van der Waals surface area contributed by atoms with Gasteiger partial charge in [-0.05, 0) is 42.4 Å². The Morgan fingerprint density at radius 2 is 2.10 bits per heavy atom. The molecule has 0 amide bonds. The van der Waals surface area contributed by atoms with Crippen LogP contribution in [-0.4, -0.2) is 5.75 Å². The topological polar surface area (TPSA) is 12.0 Å². The maximum Gasteiger partial charge on any atom is 0.0991 e. The summed E-state index contributed by atoms with van der Waals surface area (Å²) in [6, 6.07) is 11.2. The van der Waals surface area contributed by atoms with E-state index in [0.717, 1.165) is 26.4 Å². The van der Waals surface area contributed by atoms with Crippen molar-refractivity contribution in [2.24, 2.45) is 0 Å². The number of benzene rings is 1. The Morgan fingerprint density at radius 1 is 1.30 bits per heavy atom. The number of rotatable bonds is 3. The highest BCUT2D eigenvalue weighted by Gasteiger charge is 2.23. The zero-order valence-electron chi connectivity index (χ0n) is 11.0. The molecule has 0 spiro atoms. The van der Waals surface area contributed by atoms with Crippen molar-refractivity contribution in [1.82, 2.24) is 5.32 Å². The fraction of sp³-hybridized carbons (Fsp3) is 0.333. The zero-order chi connectivity index (χ0) is 14.1. The first-order chi connectivity index (χ1) is 9.65. The summed E-state index contributed by atoms with van der Waals surface area (Å²) in [5.41, 5.74) is 2.49.